The standard InChI is InChI=1S/C19H28BrN/c1-16-19(2,3)17-12-8-9-13-18(17)21(16)15-11-7-5-4-6-10-14-20/h8-9,12-13H,1,4-7,10-11,14-15H2,2-3H3. The molecule has 0 N–H and O–H groups in total. The number of nitrogens with zero attached hydrogens (tertiary/aromatic N) is 1. The maximum Gasteiger partial charge on any atom is 0.0450 e. The Hall–Kier alpha value is -0.760. The largest absolute Gasteiger partial charge is 0.345 e. The molecule has 0 radical (unpaired) electrons. The van der Waals surface area contributed by atoms with E-state index in [0.29, 0.717) is 0 Å². The van der Waals surface area contributed by atoms with Crippen molar-refractivity contribution < 1.29 is 0 Å². The molecule has 1 nitrogen and oxygen atoms in total. The van der Waals surface area contributed by atoms with Crippen molar-refractivity contribution in [1.82, 2.24) is 0 Å². The van der Waals surface area contributed by atoms with Gasteiger partial charge in [0.1, 0.15) is 0 Å². The van der Waals surface area contributed by atoms with Crippen LogP contribution < -0.4 is 4.90 Å². The molecule has 1 aliphatic heterocycles. The number of halogens is 1. The molecule has 0 unspecified atom stereocenters. The van der Waals surface area contributed by atoms with Gasteiger partial charge in [-0.1, -0.05) is 80.2 Å². The molecule has 1 aromatic rings. The molecule has 116 valence electrons. The Balaban J connectivity index is 1.85. The number of benzene rings is 1. The van der Waals surface area contributed by atoms with E-state index >= 15 is 0 Å². The number of unbranched alkanes of at least 4 members (excludes halogenated alkanes) is 5. The van der Waals surface area contributed by atoms with Gasteiger partial charge < -0.3 is 4.90 Å². The highest BCUT2D eigenvalue weighted by Crippen LogP contribution is 2.46. The summed E-state index contributed by atoms with van der Waals surface area (Å²) in [5.41, 5.74) is 4.12. The van der Waals surface area contributed by atoms with Gasteiger partial charge in [0.05, 0.1) is 0 Å². The van der Waals surface area contributed by atoms with Crippen molar-refractivity contribution in [2.45, 2.75) is 57.8 Å². The molecule has 21 heavy (non-hydrogen) atoms. The lowest BCUT2D eigenvalue weighted by Crippen LogP contribution is -2.26. The second kappa shape index (κ2) is 7.49. The summed E-state index contributed by atoms with van der Waals surface area (Å²) in [5, 5.41) is 1.15. The van der Waals surface area contributed by atoms with Gasteiger partial charge >= 0.3 is 0 Å². The van der Waals surface area contributed by atoms with E-state index in [1.807, 2.05) is 0 Å². The maximum atomic E-state index is 4.36. The van der Waals surface area contributed by atoms with Crippen LogP contribution in [0.4, 0.5) is 5.69 Å². The Bertz CT molecular complexity index is 478. The quantitative estimate of drug-likeness (QED) is 0.408. The molecule has 0 bridgehead atoms. The summed E-state index contributed by atoms with van der Waals surface area (Å²) < 4.78 is 0. The second-order valence-electron chi connectivity index (χ2n) is 6.55. The number of hydrogen-bond acceptors (Lipinski definition) is 1. The first-order valence-corrected chi connectivity index (χ1v) is 9.33. The summed E-state index contributed by atoms with van der Waals surface area (Å²) in [6.45, 7) is 10.0. The predicted octanol–water partition coefficient (Wildman–Crippen LogP) is 6.03. The first-order valence-electron chi connectivity index (χ1n) is 8.21. The summed E-state index contributed by atoms with van der Waals surface area (Å²) in [7, 11) is 0. The monoisotopic (exact) mass is 349 g/mol. The summed E-state index contributed by atoms with van der Waals surface area (Å²) in [6, 6.07) is 8.77. The van der Waals surface area contributed by atoms with Gasteiger partial charge in [0.15, 0.2) is 0 Å². The van der Waals surface area contributed by atoms with Crippen LogP contribution in [0.3, 0.4) is 0 Å². The van der Waals surface area contributed by atoms with Crippen molar-refractivity contribution in [2.24, 2.45) is 0 Å². The van der Waals surface area contributed by atoms with Crippen molar-refractivity contribution in [3.05, 3.63) is 42.1 Å². The van der Waals surface area contributed by atoms with Crippen LogP contribution in [0.1, 0.15) is 57.9 Å². The summed E-state index contributed by atoms with van der Waals surface area (Å²) in [6.07, 6.45) is 7.99. The molecule has 0 atom stereocenters. The number of rotatable bonds is 8. The van der Waals surface area contributed by atoms with E-state index in [1.54, 1.807) is 0 Å². The highest BCUT2D eigenvalue weighted by Gasteiger charge is 2.37. The van der Waals surface area contributed by atoms with Gasteiger partial charge in [-0.05, 0) is 24.5 Å². The molecule has 0 spiro atoms. The molecular formula is C19H28BrN. The van der Waals surface area contributed by atoms with Crippen LogP contribution in [0, 0.1) is 0 Å². The third-order valence-electron chi connectivity index (χ3n) is 4.68. The van der Waals surface area contributed by atoms with Crippen molar-refractivity contribution in [3.63, 3.8) is 0 Å². The van der Waals surface area contributed by atoms with Gasteiger partial charge in [0.25, 0.3) is 0 Å². The van der Waals surface area contributed by atoms with E-state index in [1.165, 1.54) is 55.5 Å². The molecule has 0 saturated carbocycles. The molecule has 0 saturated heterocycles. The fourth-order valence-corrected chi connectivity index (χ4v) is 3.60. The molecule has 0 fully saturated rings. The van der Waals surface area contributed by atoms with Crippen molar-refractivity contribution >= 4 is 21.6 Å². The van der Waals surface area contributed by atoms with Gasteiger partial charge in [-0.15, -0.1) is 0 Å². The van der Waals surface area contributed by atoms with E-state index in [-0.39, 0.29) is 5.41 Å². The van der Waals surface area contributed by atoms with Crippen LogP contribution in [0.15, 0.2) is 36.5 Å². The number of fused-ring (bicyclic) bond motifs is 1. The average Bonchev–Trinajstić information content (AvgIpc) is 2.67. The molecule has 2 rings (SSSR count). The van der Waals surface area contributed by atoms with Gasteiger partial charge in [-0.2, -0.15) is 0 Å². The SMILES string of the molecule is C=C1N(CCCCCCCCBr)c2ccccc2C1(C)C. The van der Waals surface area contributed by atoms with Gasteiger partial charge in [0.2, 0.25) is 0 Å². The zero-order valence-corrected chi connectivity index (χ0v) is 15.1. The number of anilines is 1. The number of para-hydroxylation sites is 1. The Kier molecular flexibility index (Phi) is 5.92. The normalized spacial score (nSPS) is 16.3. The zero-order chi connectivity index (χ0) is 15.3. The summed E-state index contributed by atoms with van der Waals surface area (Å²) in [4.78, 5) is 2.44. The van der Waals surface area contributed by atoms with Crippen LogP contribution in [0.2, 0.25) is 0 Å². The van der Waals surface area contributed by atoms with E-state index < -0.39 is 0 Å². The van der Waals surface area contributed by atoms with Crippen LogP contribution in [0.5, 0.6) is 0 Å². The average molecular weight is 350 g/mol. The van der Waals surface area contributed by atoms with Crippen LogP contribution in [-0.2, 0) is 5.41 Å². The van der Waals surface area contributed by atoms with Crippen molar-refractivity contribution in [2.75, 3.05) is 16.8 Å². The Morgan fingerprint density at radius 2 is 1.62 bits per heavy atom. The Morgan fingerprint density at radius 3 is 2.33 bits per heavy atom. The van der Waals surface area contributed by atoms with E-state index in [0.717, 1.165) is 11.9 Å². The van der Waals surface area contributed by atoms with Gasteiger partial charge in [-0.3, -0.25) is 0 Å². The fourth-order valence-electron chi connectivity index (χ4n) is 3.20. The van der Waals surface area contributed by atoms with Crippen molar-refractivity contribution in [1.29, 1.82) is 0 Å². The molecular weight excluding hydrogens is 322 g/mol. The van der Waals surface area contributed by atoms with Gasteiger partial charge in [-0.25, -0.2) is 0 Å². The molecule has 1 heterocycles. The number of hydrogen-bond donors (Lipinski definition) is 0. The minimum Gasteiger partial charge on any atom is -0.345 e. The Labute approximate surface area is 138 Å². The summed E-state index contributed by atoms with van der Waals surface area (Å²) in [5.74, 6) is 0. The highest BCUT2D eigenvalue weighted by atomic mass is 79.9. The maximum absolute atomic E-state index is 4.36. The molecule has 1 aliphatic rings. The van der Waals surface area contributed by atoms with Crippen LogP contribution in [-0.4, -0.2) is 11.9 Å². The lowest BCUT2D eigenvalue weighted by atomic mass is 9.84. The third kappa shape index (κ3) is 3.71. The Morgan fingerprint density at radius 1 is 1.00 bits per heavy atom. The molecule has 1 aromatic carbocycles. The molecule has 0 amide bonds. The van der Waals surface area contributed by atoms with E-state index in [4.69, 9.17) is 0 Å². The minimum atomic E-state index is 0.0759. The number of alkyl halides is 1. The molecule has 0 aliphatic carbocycles. The first kappa shape index (κ1) is 16.6. The lowest BCUT2D eigenvalue weighted by Gasteiger charge is -2.25. The van der Waals surface area contributed by atoms with Crippen LogP contribution >= 0.6 is 15.9 Å². The fraction of sp³-hybridized carbons (Fsp3) is 0.579. The van der Waals surface area contributed by atoms with Crippen molar-refractivity contribution in [3.8, 4) is 0 Å². The third-order valence-corrected chi connectivity index (χ3v) is 5.24. The van der Waals surface area contributed by atoms with Gasteiger partial charge in [0, 0.05) is 28.7 Å². The summed E-state index contributed by atoms with van der Waals surface area (Å²) >= 11 is 3.49. The second-order valence-corrected chi connectivity index (χ2v) is 7.34. The molecule has 0 aromatic heterocycles. The number of allylic oxidation sites excluding steroid dienone is 1. The minimum absolute atomic E-state index is 0.0759. The highest BCUT2D eigenvalue weighted by molar-refractivity contribution is 9.09. The topological polar surface area (TPSA) is 3.24 Å². The lowest BCUT2D eigenvalue weighted by molar-refractivity contribution is 0.594. The molecule has 2 heteroatoms. The zero-order valence-electron chi connectivity index (χ0n) is 13.5. The van der Waals surface area contributed by atoms with Crippen LogP contribution in [0.25, 0.3) is 0 Å². The first-order chi connectivity index (χ1) is 10.1. The predicted molar refractivity (Wildman–Crippen MR) is 97.5 cm³/mol. The van der Waals surface area contributed by atoms with E-state index in [2.05, 4.69) is 65.5 Å². The van der Waals surface area contributed by atoms with E-state index in [9.17, 15) is 0 Å². The smallest absolute Gasteiger partial charge is 0.0450 e.